The molecule has 1 atom stereocenters. The molecular weight excluding hydrogens is 316 g/mol. The minimum absolute atomic E-state index is 0.0325. The summed E-state index contributed by atoms with van der Waals surface area (Å²) < 4.78 is 57.3. The van der Waals surface area contributed by atoms with Crippen LogP contribution in [0.1, 0.15) is 43.1 Å². The summed E-state index contributed by atoms with van der Waals surface area (Å²) in [7, 11) is 0. The molecule has 8 heteroatoms. The third-order valence-corrected chi connectivity index (χ3v) is 4.70. The van der Waals surface area contributed by atoms with Gasteiger partial charge in [0, 0.05) is 12.0 Å². The number of carbonyl (C=O) groups is 1. The fourth-order valence-electron chi connectivity index (χ4n) is 3.32. The second-order valence-electron chi connectivity index (χ2n) is 5.99. The highest BCUT2D eigenvalue weighted by Gasteiger charge is 2.56. The Morgan fingerprint density at radius 1 is 1.30 bits per heavy atom. The van der Waals surface area contributed by atoms with Gasteiger partial charge in [0.05, 0.1) is 24.3 Å². The van der Waals surface area contributed by atoms with Gasteiger partial charge >= 0.3 is 0 Å². The molecule has 0 saturated carbocycles. The van der Waals surface area contributed by atoms with Crippen molar-refractivity contribution in [3.63, 3.8) is 0 Å². The zero-order valence-corrected chi connectivity index (χ0v) is 12.4. The van der Waals surface area contributed by atoms with E-state index in [9.17, 15) is 22.4 Å². The van der Waals surface area contributed by atoms with Gasteiger partial charge in [-0.2, -0.15) is 0 Å². The molecule has 1 fully saturated rings. The molecule has 1 saturated heterocycles. The van der Waals surface area contributed by atoms with Crippen molar-refractivity contribution in [2.45, 2.75) is 43.6 Å². The molecule has 3 heterocycles. The minimum Gasteiger partial charge on any atom is -0.376 e. The van der Waals surface area contributed by atoms with E-state index in [0.717, 1.165) is 0 Å². The van der Waals surface area contributed by atoms with Gasteiger partial charge < -0.3 is 10.1 Å². The van der Waals surface area contributed by atoms with E-state index >= 15 is 0 Å². The first-order valence-electron chi connectivity index (χ1n) is 7.33. The van der Waals surface area contributed by atoms with Gasteiger partial charge in [-0.05, 0) is 12.5 Å². The predicted molar refractivity (Wildman–Crippen MR) is 72.4 cm³/mol. The third kappa shape index (κ3) is 2.31. The summed E-state index contributed by atoms with van der Waals surface area (Å²) in [5.74, 6) is -0.602. The molecule has 1 aromatic rings. The van der Waals surface area contributed by atoms with Gasteiger partial charge in [0.25, 0.3) is 6.43 Å². The Labute approximate surface area is 130 Å². The quantitative estimate of drug-likeness (QED) is 0.863. The highest BCUT2D eigenvalue weighted by Crippen LogP contribution is 2.46. The van der Waals surface area contributed by atoms with Crippen LogP contribution in [0, 0.1) is 0 Å². The zero-order valence-electron chi connectivity index (χ0n) is 12.4. The Morgan fingerprint density at radius 3 is 2.48 bits per heavy atom. The Kier molecular flexibility index (Phi) is 3.82. The molecule has 1 spiro atoms. The van der Waals surface area contributed by atoms with Crippen molar-refractivity contribution in [3.05, 3.63) is 29.1 Å². The van der Waals surface area contributed by atoms with Crippen molar-refractivity contribution in [2.24, 2.45) is 0 Å². The van der Waals surface area contributed by atoms with Crippen LogP contribution in [0.3, 0.4) is 0 Å². The lowest BCUT2D eigenvalue weighted by Crippen LogP contribution is -2.67. The molecule has 3 rings (SSSR count). The summed E-state index contributed by atoms with van der Waals surface area (Å²) in [6.07, 6.45) is -6.29. The third-order valence-electron chi connectivity index (χ3n) is 4.70. The van der Waals surface area contributed by atoms with E-state index < -0.39 is 41.8 Å². The normalized spacial score (nSPS) is 25.4. The molecule has 1 aromatic heterocycles. The van der Waals surface area contributed by atoms with Crippen LogP contribution in [-0.4, -0.2) is 30.5 Å². The molecule has 126 valence electrons. The largest absolute Gasteiger partial charge is 0.376 e. The number of alkyl halides is 4. The minimum atomic E-state index is -2.83. The van der Waals surface area contributed by atoms with Crippen LogP contribution in [-0.2, 0) is 20.5 Å². The second-order valence-corrected chi connectivity index (χ2v) is 5.99. The van der Waals surface area contributed by atoms with Crippen molar-refractivity contribution in [3.8, 4) is 0 Å². The van der Waals surface area contributed by atoms with Crippen LogP contribution in [0.2, 0.25) is 0 Å². The molecule has 0 bridgehead atoms. The number of amides is 1. The maximum Gasteiger partial charge on any atom is 0.280 e. The molecular formula is C15H16F4N2O2. The number of hydrogen-bond acceptors (Lipinski definition) is 3. The van der Waals surface area contributed by atoms with Crippen LogP contribution in [0.25, 0.3) is 0 Å². The van der Waals surface area contributed by atoms with Crippen molar-refractivity contribution in [2.75, 3.05) is 13.2 Å². The summed E-state index contributed by atoms with van der Waals surface area (Å²) >= 11 is 0. The van der Waals surface area contributed by atoms with Crippen LogP contribution in [0.15, 0.2) is 12.1 Å². The van der Waals surface area contributed by atoms with E-state index in [1.807, 2.05) is 0 Å². The first kappa shape index (κ1) is 16.2. The molecule has 0 radical (unpaired) electrons. The summed E-state index contributed by atoms with van der Waals surface area (Å²) in [4.78, 5) is 16.5. The Balaban J connectivity index is 2.21. The monoisotopic (exact) mass is 332 g/mol. The van der Waals surface area contributed by atoms with Gasteiger partial charge in [0.1, 0.15) is 11.2 Å². The van der Waals surface area contributed by atoms with Gasteiger partial charge in [0.2, 0.25) is 12.3 Å². The smallest absolute Gasteiger partial charge is 0.280 e. The van der Waals surface area contributed by atoms with Crippen LogP contribution in [0.5, 0.6) is 0 Å². The summed E-state index contributed by atoms with van der Waals surface area (Å²) in [5.41, 5.74) is -2.43. The van der Waals surface area contributed by atoms with Gasteiger partial charge in [0.15, 0.2) is 0 Å². The summed E-state index contributed by atoms with van der Waals surface area (Å²) in [5, 5.41) is 2.76. The number of nitrogens with one attached hydrogen (secondary N) is 1. The van der Waals surface area contributed by atoms with Crippen LogP contribution in [0.4, 0.5) is 17.6 Å². The molecule has 0 aliphatic carbocycles. The Morgan fingerprint density at radius 2 is 2.00 bits per heavy atom. The van der Waals surface area contributed by atoms with Gasteiger partial charge in [-0.15, -0.1) is 0 Å². The Bertz CT molecular complexity index is 634. The number of rotatable bonds is 4. The van der Waals surface area contributed by atoms with Crippen molar-refractivity contribution >= 4 is 5.91 Å². The molecule has 2 aliphatic rings. The lowest BCUT2D eigenvalue weighted by Gasteiger charge is -2.50. The maximum absolute atomic E-state index is 13.1. The zero-order chi connectivity index (χ0) is 16.8. The van der Waals surface area contributed by atoms with E-state index in [1.54, 1.807) is 6.92 Å². The van der Waals surface area contributed by atoms with Gasteiger partial charge in [-0.25, -0.2) is 17.6 Å². The lowest BCUT2D eigenvalue weighted by molar-refractivity contribution is -0.145. The highest BCUT2D eigenvalue weighted by atomic mass is 19.3. The molecule has 1 unspecified atom stereocenters. The molecule has 1 amide bonds. The molecule has 1 N–H and O–H groups in total. The molecule has 23 heavy (non-hydrogen) atoms. The van der Waals surface area contributed by atoms with Crippen molar-refractivity contribution in [1.82, 2.24) is 10.3 Å². The number of pyridine rings is 1. The van der Waals surface area contributed by atoms with Gasteiger partial charge in [-0.3, -0.25) is 9.78 Å². The topological polar surface area (TPSA) is 51.2 Å². The first-order valence-corrected chi connectivity index (χ1v) is 7.33. The highest BCUT2D eigenvalue weighted by molar-refractivity contribution is 5.91. The lowest BCUT2D eigenvalue weighted by atomic mass is 9.68. The SMILES string of the molecule is CCC1(CC(F)F)C(=O)NC2(COC2)c2ccc(C(F)F)nc21. The van der Waals surface area contributed by atoms with E-state index in [-0.39, 0.29) is 25.3 Å². The molecule has 2 aliphatic heterocycles. The van der Waals surface area contributed by atoms with Crippen molar-refractivity contribution < 1.29 is 27.1 Å². The van der Waals surface area contributed by atoms with Crippen LogP contribution < -0.4 is 5.32 Å². The molecule has 0 aromatic carbocycles. The summed E-state index contributed by atoms with van der Waals surface area (Å²) in [6.45, 7) is 1.93. The van der Waals surface area contributed by atoms with E-state index in [0.29, 0.717) is 5.56 Å². The predicted octanol–water partition coefficient (Wildman–Crippen LogP) is 2.68. The Hall–Kier alpha value is -1.70. The van der Waals surface area contributed by atoms with Gasteiger partial charge in [-0.1, -0.05) is 13.0 Å². The maximum atomic E-state index is 13.1. The number of aromatic nitrogens is 1. The summed E-state index contributed by atoms with van der Waals surface area (Å²) in [6, 6.07) is 2.62. The number of hydrogen-bond donors (Lipinski definition) is 1. The fourth-order valence-corrected chi connectivity index (χ4v) is 3.32. The van der Waals surface area contributed by atoms with E-state index in [1.165, 1.54) is 12.1 Å². The van der Waals surface area contributed by atoms with E-state index in [4.69, 9.17) is 4.74 Å². The van der Waals surface area contributed by atoms with E-state index in [2.05, 4.69) is 10.3 Å². The number of nitrogens with zero attached hydrogens (tertiary/aromatic N) is 1. The fraction of sp³-hybridized carbons (Fsp3) is 0.600. The second kappa shape index (κ2) is 5.43. The number of ether oxygens (including phenoxy) is 1. The van der Waals surface area contributed by atoms with Crippen molar-refractivity contribution in [1.29, 1.82) is 0 Å². The average molecular weight is 332 g/mol. The number of halogens is 4. The van der Waals surface area contributed by atoms with Crippen LogP contribution >= 0.6 is 0 Å². The number of fused-ring (bicyclic) bond motifs is 2. The first-order chi connectivity index (χ1) is 10.8. The average Bonchev–Trinajstić information content (AvgIpc) is 2.47. The number of carbonyl (C=O) groups excluding carboxylic acids is 1. The molecule has 4 nitrogen and oxygen atoms in total. The standard InChI is InChI=1S/C15H16F4N2O2/c1-2-14(5-10(16)17)11-8(3-4-9(20-11)12(18)19)15(6-23-7-15)21-13(14)22/h3-4,10,12H,2,5-7H2,1H3,(H,21,22).